The Kier molecular flexibility index (Phi) is 7.88. The number of nitrogens with one attached hydrogen (secondary N) is 2. The molecule has 2 atom stereocenters. The van der Waals surface area contributed by atoms with Crippen LogP contribution in [0.4, 0.5) is 11.8 Å². The molecule has 0 aliphatic rings. The molecular formula is C24H26N6O5. The summed E-state index contributed by atoms with van der Waals surface area (Å²) in [6.45, 7) is 1.75. The second-order valence-electron chi connectivity index (χ2n) is 7.91. The molecule has 3 aromatic rings. The maximum Gasteiger partial charge on any atom is 0.326 e. The molecule has 0 saturated heterocycles. The number of nitrogens with two attached hydrogens (primary N) is 2. The predicted octanol–water partition coefficient (Wildman–Crippen LogP) is 1.91. The summed E-state index contributed by atoms with van der Waals surface area (Å²) in [6, 6.07) is 5.42. The minimum Gasteiger partial charge on any atom is -0.481 e. The van der Waals surface area contributed by atoms with E-state index in [1.807, 2.05) is 6.20 Å². The Hall–Kier alpha value is -4.59. The zero-order valence-electron chi connectivity index (χ0n) is 19.0. The van der Waals surface area contributed by atoms with Gasteiger partial charge in [0.1, 0.15) is 17.5 Å². The van der Waals surface area contributed by atoms with Gasteiger partial charge in [0.25, 0.3) is 5.91 Å². The van der Waals surface area contributed by atoms with Crippen molar-refractivity contribution in [3.8, 4) is 11.8 Å². The van der Waals surface area contributed by atoms with E-state index < -0.39 is 23.9 Å². The molecule has 1 amide bonds. The van der Waals surface area contributed by atoms with Crippen molar-refractivity contribution in [1.29, 1.82) is 0 Å². The van der Waals surface area contributed by atoms with E-state index in [-0.39, 0.29) is 30.3 Å². The van der Waals surface area contributed by atoms with Crippen LogP contribution in [0.5, 0.6) is 0 Å². The lowest BCUT2D eigenvalue weighted by Gasteiger charge is -2.15. The van der Waals surface area contributed by atoms with Gasteiger partial charge in [0.15, 0.2) is 0 Å². The number of amides is 1. The van der Waals surface area contributed by atoms with Gasteiger partial charge >= 0.3 is 11.9 Å². The number of carbonyl (C=O) groups is 3. The number of anilines is 2. The molecular weight excluding hydrogens is 452 g/mol. The lowest BCUT2D eigenvalue weighted by atomic mass is 9.92. The van der Waals surface area contributed by atoms with Crippen LogP contribution in [0.3, 0.4) is 0 Å². The number of hydrogen-bond donors (Lipinski definition) is 6. The van der Waals surface area contributed by atoms with E-state index in [1.165, 1.54) is 0 Å². The predicted molar refractivity (Wildman–Crippen MR) is 129 cm³/mol. The van der Waals surface area contributed by atoms with Gasteiger partial charge in [-0.1, -0.05) is 18.1 Å². The van der Waals surface area contributed by atoms with Crippen molar-refractivity contribution in [2.45, 2.75) is 44.6 Å². The van der Waals surface area contributed by atoms with Gasteiger partial charge in [0.2, 0.25) is 5.95 Å². The lowest BCUT2D eigenvalue weighted by Crippen LogP contribution is -2.41. The number of aromatic nitrogens is 3. The summed E-state index contributed by atoms with van der Waals surface area (Å²) in [7, 11) is 0. The average molecular weight is 479 g/mol. The summed E-state index contributed by atoms with van der Waals surface area (Å²) in [5.74, 6) is 3.37. The highest BCUT2D eigenvalue weighted by Crippen LogP contribution is 2.27. The first-order valence-electron chi connectivity index (χ1n) is 10.9. The minimum atomic E-state index is -1.29. The molecule has 182 valence electrons. The molecule has 8 N–H and O–H groups in total. The van der Waals surface area contributed by atoms with Crippen molar-refractivity contribution in [2.75, 3.05) is 11.5 Å². The number of carboxylic acid groups (broad SMARTS) is 2. The maximum absolute atomic E-state index is 12.5. The molecule has 0 aliphatic heterocycles. The summed E-state index contributed by atoms with van der Waals surface area (Å²) >= 11 is 0. The summed E-state index contributed by atoms with van der Waals surface area (Å²) < 4.78 is 0. The highest BCUT2D eigenvalue weighted by atomic mass is 16.4. The normalized spacial score (nSPS) is 12.4. The summed E-state index contributed by atoms with van der Waals surface area (Å²) in [4.78, 5) is 45.8. The number of hydrogen-bond acceptors (Lipinski definition) is 7. The standard InChI is InChI=1S/C24H26N6O5/c1-2-3-13(6-9-16-12-27-21-19(16)20(25)29-24(26)30-21)14-4-7-15(8-5-14)22(33)28-17(23(34)35)10-11-18(31)32/h4-5,7-8,12-13,17H,6,9-11H2,1H3,(H,28,33)(H,31,32)(H,34,35)(H5,25,26,27,29,30)/t13?,17-/m0/s1. The van der Waals surface area contributed by atoms with Gasteiger partial charge in [0, 0.05) is 24.1 Å². The Morgan fingerprint density at radius 3 is 2.46 bits per heavy atom. The average Bonchev–Trinajstić information content (AvgIpc) is 3.22. The van der Waals surface area contributed by atoms with Crippen molar-refractivity contribution < 1.29 is 24.6 Å². The molecule has 1 aromatic carbocycles. The smallest absolute Gasteiger partial charge is 0.326 e. The van der Waals surface area contributed by atoms with Crippen LogP contribution < -0.4 is 16.8 Å². The van der Waals surface area contributed by atoms with Crippen LogP contribution >= 0.6 is 0 Å². The number of nitrogens with zero attached hydrogens (tertiary/aromatic N) is 2. The monoisotopic (exact) mass is 478 g/mol. The fourth-order valence-corrected chi connectivity index (χ4v) is 3.77. The minimum absolute atomic E-state index is 0.0961. The molecule has 35 heavy (non-hydrogen) atoms. The summed E-state index contributed by atoms with van der Waals surface area (Å²) in [6.07, 6.45) is 2.55. The number of carboxylic acids is 2. The molecule has 0 aliphatic carbocycles. The number of H-pyrrole nitrogens is 1. The second-order valence-corrected chi connectivity index (χ2v) is 7.91. The van der Waals surface area contributed by atoms with Crippen molar-refractivity contribution in [2.24, 2.45) is 0 Å². The Bertz CT molecular complexity index is 1310. The highest BCUT2D eigenvalue weighted by molar-refractivity contribution is 5.96. The van der Waals surface area contributed by atoms with Crippen molar-refractivity contribution in [3.63, 3.8) is 0 Å². The van der Waals surface area contributed by atoms with Crippen molar-refractivity contribution in [1.82, 2.24) is 20.3 Å². The van der Waals surface area contributed by atoms with Crippen LogP contribution in [-0.2, 0) is 16.0 Å². The molecule has 1 unspecified atom stereocenters. The van der Waals surface area contributed by atoms with E-state index in [9.17, 15) is 19.5 Å². The van der Waals surface area contributed by atoms with E-state index >= 15 is 0 Å². The Morgan fingerprint density at radius 1 is 1.11 bits per heavy atom. The zero-order chi connectivity index (χ0) is 25.5. The summed E-state index contributed by atoms with van der Waals surface area (Å²) in [5, 5.41) is 21.1. The first-order chi connectivity index (χ1) is 16.7. The lowest BCUT2D eigenvalue weighted by molar-refractivity contribution is -0.140. The molecule has 11 heteroatoms. The zero-order valence-corrected chi connectivity index (χ0v) is 19.0. The van der Waals surface area contributed by atoms with E-state index in [2.05, 4.69) is 32.1 Å². The van der Waals surface area contributed by atoms with Crippen LogP contribution in [0.1, 0.15) is 53.6 Å². The van der Waals surface area contributed by atoms with E-state index in [0.717, 1.165) is 16.5 Å². The number of carbonyl (C=O) groups excluding carboxylic acids is 1. The van der Waals surface area contributed by atoms with Crippen molar-refractivity contribution >= 4 is 40.6 Å². The van der Waals surface area contributed by atoms with Crippen LogP contribution in [0, 0.1) is 11.8 Å². The SMILES string of the molecule is CC#CC(CCc1c[nH]c2nc(N)nc(N)c12)c1ccc(C(=O)N[C@@H](CCC(=O)O)C(=O)O)cc1. The number of benzene rings is 1. The highest BCUT2D eigenvalue weighted by Gasteiger charge is 2.22. The molecule has 11 nitrogen and oxygen atoms in total. The number of aliphatic carboxylic acids is 2. The quantitative estimate of drug-likeness (QED) is 0.236. The third kappa shape index (κ3) is 6.26. The molecule has 0 fully saturated rings. The fourth-order valence-electron chi connectivity index (χ4n) is 3.77. The van der Waals surface area contributed by atoms with Crippen LogP contribution in [0.25, 0.3) is 11.0 Å². The number of nitrogen functional groups attached to an aromatic ring is 2. The first-order valence-corrected chi connectivity index (χ1v) is 10.9. The number of aromatic amines is 1. The van der Waals surface area contributed by atoms with Gasteiger partial charge in [-0.15, -0.1) is 5.92 Å². The van der Waals surface area contributed by atoms with Gasteiger partial charge in [-0.3, -0.25) is 9.59 Å². The molecule has 2 aromatic heterocycles. The van der Waals surface area contributed by atoms with Crippen LogP contribution in [0.15, 0.2) is 30.5 Å². The van der Waals surface area contributed by atoms with Gasteiger partial charge in [-0.25, -0.2) is 4.79 Å². The Balaban J connectivity index is 1.71. The third-order valence-corrected chi connectivity index (χ3v) is 5.50. The van der Waals surface area contributed by atoms with Gasteiger partial charge in [-0.05, 0) is 49.4 Å². The van der Waals surface area contributed by atoms with E-state index in [0.29, 0.717) is 24.3 Å². The molecule has 2 heterocycles. The largest absolute Gasteiger partial charge is 0.481 e. The first kappa shape index (κ1) is 25.0. The number of rotatable bonds is 10. The third-order valence-electron chi connectivity index (χ3n) is 5.50. The van der Waals surface area contributed by atoms with E-state index in [1.54, 1.807) is 31.2 Å². The van der Waals surface area contributed by atoms with Gasteiger partial charge in [0.05, 0.1) is 5.39 Å². The van der Waals surface area contributed by atoms with Gasteiger partial charge in [-0.2, -0.15) is 9.97 Å². The van der Waals surface area contributed by atoms with E-state index in [4.69, 9.17) is 16.6 Å². The molecule has 0 spiro atoms. The number of fused-ring (bicyclic) bond motifs is 1. The topological polar surface area (TPSA) is 197 Å². The molecule has 3 rings (SSSR count). The van der Waals surface area contributed by atoms with Crippen LogP contribution in [-0.4, -0.2) is 49.1 Å². The molecule has 0 radical (unpaired) electrons. The number of aryl methyl sites for hydroxylation is 1. The molecule has 0 bridgehead atoms. The summed E-state index contributed by atoms with van der Waals surface area (Å²) in [5.41, 5.74) is 14.3. The fraction of sp³-hybridized carbons (Fsp3) is 0.292. The molecule has 0 saturated carbocycles. The van der Waals surface area contributed by atoms with Crippen molar-refractivity contribution in [3.05, 3.63) is 47.2 Å². The second kappa shape index (κ2) is 11.0. The maximum atomic E-state index is 12.5. The Labute approximate surface area is 200 Å². The Morgan fingerprint density at radius 2 is 1.83 bits per heavy atom. The van der Waals surface area contributed by atoms with Crippen LogP contribution in [0.2, 0.25) is 0 Å². The van der Waals surface area contributed by atoms with Gasteiger partial charge < -0.3 is 32.0 Å².